The Labute approximate surface area is 98.8 Å². The minimum atomic E-state index is -0.382. The monoisotopic (exact) mass is 231 g/mol. The summed E-state index contributed by atoms with van der Waals surface area (Å²) < 4.78 is 1.94. The van der Waals surface area contributed by atoms with Crippen LogP contribution in [0.15, 0.2) is 42.7 Å². The first-order chi connectivity index (χ1) is 8.16. The van der Waals surface area contributed by atoms with Crippen LogP contribution in [-0.2, 0) is 13.6 Å². The van der Waals surface area contributed by atoms with Crippen molar-refractivity contribution >= 4 is 11.4 Å². The molecule has 0 aliphatic rings. The standard InChI is InChI=1S/C12H13N3O2/c1-14-7-6-10(9-14)8-13-11-4-2-3-5-12(11)15(16)17/h2-7,9,13H,8H2,1H3. The van der Waals surface area contributed by atoms with Crippen molar-refractivity contribution in [2.45, 2.75) is 6.54 Å². The molecule has 0 atom stereocenters. The Morgan fingerprint density at radius 2 is 2.12 bits per heavy atom. The molecule has 0 aliphatic carbocycles. The fourth-order valence-electron chi connectivity index (χ4n) is 1.65. The van der Waals surface area contributed by atoms with Gasteiger partial charge in [0.1, 0.15) is 5.69 Å². The molecule has 1 heterocycles. The number of aryl methyl sites for hydroxylation is 1. The molecule has 2 aromatic rings. The van der Waals surface area contributed by atoms with Gasteiger partial charge in [-0.25, -0.2) is 0 Å². The van der Waals surface area contributed by atoms with E-state index >= 15 is 0 Å². The molecule has 2 rings (SSSR count). The lowest BCUT2D eigenvalue weighted by atomic mass is 10.2. The summed E-state index contributed by atoms with van der Waals surface area (Å²) in [6, 6.07) is 8.61. The first kappa shape index (κ1) is 11.2. The summed E-state index contributed by atoms with van der Waals surface area (Å²) in [5, 5.41) is 13.9. The van der Waals surface area contributed by atoms with Crippen molar-refractivity contribution in [2.75, 3.05) is 5.32 Å². The van der Waals surface area contributed by atoms with Gasteiger partial charge >= 0.3 is 0 Å². The maximum absolute atomic E-state index is 10.8. The van der Waals surface area contributed by atoms with Gasteiger partial charge in [0.15, 0.2) is 0 Å². The maximum atomic E-state index is 10.8. The summed E-state index contributed by atoms with van der Waals surface area (Å²) in [6.45, 7) is 0.575. The van der Waals surface area contributed by atoms with Gasteiger partial charge in [-0.1, -0.05) is 12.1 Å². The van der Waals surface area contributed by atoms with Crippen LogP contribution in [-0.4, -0.2) is 9.49 Å². The van der Waals surface area contributed by atoms with Gasteiger partial charge in [0.2, 0.25) is 0 Å². The number of hydrogen-bond donors (Lipinski definition) is 1. The number of nitro groups is 1. The van der Waals surface area contributed by atoms with Crippen LogP contribution in [0.25, 0.3) is 0 Å². The minimum Gasteiger partial charge on any atom is -0.375 e. The Kier molecular flexibility index (Phi) is 3.09. The zero-order chi connectivity index (χ0) is 12.3. The van der Waals surface area contributed by atoms with E-state index in [0.717, 1.165) is 5.56 Å². The lowest BCUT2D eigenvalue weighted by molar-refractivity contribution is -0.384. The molecule has 5 heteroatoms. The Hall–Kier alpha value is -2.30. The van der Waals surface area contributed by atoms with Crippen LogP contribution in [0.3, 0.4) is 0 Å². The van der Waals surface area contributed by atoms with Gasteiger partial charge in [-0.3, -0.25) is 10.1 Å². The van der Waals surface area contributed by atoms with E-state index in [4.69, 9.17) is 0 Å². The second kappa shape index (κ2) is 4.69. The van der Waals surface area contributed by atoms with Crippen molar-refractivity contribution in [1.82, 2.24) is 4.57 Å². The number of para-hydroxylation sites is 2. The van der Waals surface area contributed by atoms with E-state index in [0.29, 0.717) is 12.2 Å². The summed E-state index contributed by atoms with van der Waals surface area (Å²) in [5.74, 6) is 0. The lowest BCUT2D eigenvalue weighted by Gasteiger charge is -2.05. The molecule has 0 radical (unpaired) electrons. The number of aromatic nitrogens is 1. The topological polar surface area (TPSA) is 60.1 Å². The summed E-state index contributed by atoms with van der Waals surface area (Å²) in [7, 11) is 1.94. The Morgan fingerprint density at radius 1 is 1.35 bits per heavy atom. The third-order valence-corrected chi connectivity index (χ3v) is 2.48. The van der Waals surface area contributed by atoms with Gasteiger partial charge in [-0.05, 0) is 17.7 Å². The first-order valence-electron chi connectivity index (χ1n) is 5.25. The number of nitrogens with one attached hydrogen (secondary N) is 1. The highest BCUT2D eigenvalue weighted by molar-refractivity contribution is 5.61. The van der Waals surface area contributed by atoms with Gasteiger partial charge in [0.25, 0.3) is 5.69 Å². The highest BCUT2D eigenvalue weighted by atomic mass is 16.6. The van der Waals surface area contributed by atoms with Gasteiger partial charge in [0.05, 0.1) is 4.92 Å². The van der Waals surface area contributed by atoms with Crippen molar-refractivity contribution in [3.63, 3.8) is 0 Å². The van der Waals surface area contributed by atoms with Crippen LogP contribution in [0.4, 0.5) is 11.4 Å². The average Bonchev–Trinajstić information content (AvgIpc) is 2.73. The number of nitrogens with zero attached hydrogens (tertiary/aromatic N) is 2. The lowest BCUT2D eigenvalue weighted by Crippen LogP contribution is -2.01. The van der Waals surface area contributed by atoms with Gasteiger partial charge in [0, 0.05) is 32.1 Å². The van der Waals surface area contributed by atoms with Crippen molar-refractivity contribution in [2.24, 2.45) is 7.05 Å². The molecule has 0 unspecified atom stereocenters. The molecule has 0 amide bonds. The van der Waals surface area contributed by atoms with Gasteiger partial charge in [-0.2, -0.15) is 0 Å². The minimum absolute atomic E-state index is 0.100. The van der Waals surface area contributed by atoms with Crippen LogP contribution < -0.4 is 5.32 Å². The maximum Gasteiger partial charge on any atom is 0.292 e. The zero-order valence-electron chi connectivity index (χ0n) is 9.46. The van der Waals surface area contributed by atoms with E-state index in [9.17, 15) is 10.1 Å². The summed E-state index contributed by atoms with van der Waals surface area (Å²) >= 11 is 0. The molecule has 0 bridgehead atoms. The third-order valence-electron chi connectivity index (χ3n) is 2.48. The van der Waals surface area contributed by atoms with E-state index in [1.807, 2.05) is 30.1 Å². The molecular weight excluding hydrogens is 218 g/mol. The van der Waals surface area contributed by atoms with Crippen LogP contribution in [0.5, 0.6) is 0 Å². The number of rotatable bonds is 4. The van der Waals surface area contributed by atoms with E-state index in [2.05, 4.69) is 5.32 Å². The normalized spacial score (nSPS) is 10.2. The molecule has 1 aromatic carbocycles. The van der Waals surface area contributed by atoms with Crippen LogP contribution in [0.1, 0.15) is 5.56 Å². The van der Waals surface area contributed by atoms with Crippen molar-refractivity contribution in [3.8, 4) is 0 Å². The molecule has 1 N–H and O–H groups in total. The molecule has 0 saturated heterocycles. The smallest absolute Gasteiger partial charge is 0.292 e. The van der Waals surface area contributed by atoms with E-state index < -0.39 is 0 Å². The number of benzene rings is 1. The van der Waals surface area contributed by atoms with Crippen molar-refractivity contribution in [3.05, 3.63) is 58.4 Å². The molecule has 0 fully saturated rings. The number of hydrogen-bond acceptors (Lipinski definition) is 3. The molecule has 5 nitrogen and oxygen atoms in total. The molecule has 88 valence electrons. The Balaban J connectivity index is 2.11. The molecule has 0 spiro atoms. The van der Waals surface area contributed by atoms with Crippen LogP contribution >= 0.6 is 0 Å². The summed E-state index contributed by atoms with van der Waals surface area (Å²) in [5.41, 5.74) is 1.73. The van der Waals surface area contributed by atoms with E-state index in [1.54, 1.807) is 18.2 Å². The highest BCUT2D eigenvalue weighted by Crippen LogP contribution is 2.23. The first-order valence-corrected chi connectivity index (χ1v) is 5.25. The predicted molar refractivity (Wildman–Crippen MR) is 65.8 cm³/mol. The van der Waals surface area contributed by atoms with Gasteiger partial charge < -0.3 is 9.88 Å². The van der Waals surface area contributed by atoms with Crippen LogP contribution in [0.2, 0.25) is 0 Å². The van der Waals surface area contributed by atoms with E-state index in [-0.39, 0.29) is 10.6 Å². The Morgan fingerprint density at radius 3 is 2.76 bits per heavy atom. The third kappa shape index (κ3) is 2.63. The van der Waals surface area contributed by atoms with Crippen molar-refractivity contribution in [1.29, 1.82) is 0 Å². The SMILES string of the molecule is Cn1ccc(CNc2ccccc2[N+](=O)[O-])c1. The van der Waals surface area contributed by atoms with E-state index in [1.165, 1.54) is 6.07 Å². The fourth-order valence-corrected chi connectivity index (χ4v) is 1.65. The largest absolute Gasteiger partial charge is 0.375 e. The molecule has 0 saturated carbocycles. The molecular formula is C12H13N3O2. The van der Waals surface area contributed by atoms with Gasteiger partial charge in [-0.15, -0.1) is 0 Å². The predicted octanol–water partition coefficient (Wildman–Crippen LogP) is 2.55. The molecule has 17 heavy (non-hydrogen) atoms. The molecule has 1 aromatic heterocycles. The summed E-state index contributed by atoms with van der Waals surface area (Å²) in [6.07, 6.45) is 3.91. The Bertz CT molecular complexity index is 534. The van der Waals surface area contributed by atoms with Crippen LogP contribution in [0, 0.1) is 10.1 Å². The highest BCUT2D eigenvalue weighted by Gasteiger charge is 2.11. The fraction of sp³-hybridized carbons (Fsp3) is 0.167. The zero-order valence-corrected chi connectivity index (χ0v) is 9.46. The summed E-state index contributed by atoms with van der Waals surface area (Å²) in [4.78, 5) is 10.4. The van der Waals surface area contributed by atoms with Crippen molar-refractivity contribution < 1.29 is 4.92 Å². The second-order valence-electron chi connectivity index (χ2n) is 3.81. The molecule has 0 aliphatic heterocycles. The number of nitro benzene ring substituents is 1. The second-order valence-corrected chi connectivity index (χ2v) is 3.81. The average molecular weight is 231 g/mol. The number of anilines is 1. The quantitative estimate of drug-likeness (QED) is 0.649.